The van der Waals surface area contributed by atoms with Gasteiger partial charge in [-0.15, -0.1) is 0 Å². The highest BCUT2D eigenvalue weighted by Crippen LogP contribution is 2.37. The summed E-state index contributed by atoms with van der Waals surface area (Å²) in [4.78, 5) is 10.1. The SMILES string of the molecule is CCCC[C@@H](O)[C@@H](N)c1cc(Br)cc([N+](=O)[O-])c1O. The zero-order valence-electron chi connectivity index (χ0n) is 10.5. The van der Waals surface area contributed by atoms with E-state index < -0.39 is 28.5 Å². The molecule has 0 saturated heterocycles. The monoisotopic (exact) mass is 332 g/mol. The van der Waals surface area contributed by atoms with Gasteiger partial charge in [-0.2, -0.15) is 0 Å². The van der Waals surface area contributed by atoms with Crippen LogP contribution in [0.25, 0.3) is 0 Å². The number of nitro benzene ring substituents is 1. The fraction of sp³-hybridized carbons (Fsp3) is 0.500. The highest BCUT2D eigenvalue weighted by molar-refractivity contribution is 9.10. The van der Waals surface area contributed by atoms with Crippen LogP contribution in [0.5, 0.6) is 5.75 Å². The minimum absolute atomic E-state index is 0.171. The van der Waals surface area contributed by atoms with E-state index >= 15 is 0 Å². The molecule has 6 nitrogen and oxygen atoms in total. The molecule has 4 N–H and O–H groups in total. The van der Waals surface area contributed by atoms with Crippen LogP contribution in [0.1, 0.15) is 37.8 Å². The molecule has 106 valence electrons. The number of hydrogen-bond acceptors (Lipinski definition) is 5. The van der Waals surface area contributed by atoms with Crippen LogP contribution >= 0.6 is 15.9 Å². The van der Waals surface area contributed by atoms with Gasteiger partial charge in [-0.3, -0.25) is 10.1 Å². The summed E-state index contributed by atoms with van der Waals surface area (Å²) < 4.78 is 0.435. The second kappa shape index (κ2) is 6.83. The van der Waals surface area contributed by atoms with Crippen molar-refractivity contribution in [2.45, 2.75) is 38.3 Å². The number of rotatable bonds is 6. The molecule has 0 saturated carbocycles. The van der Waals surface area contributed by atoms with E-state index in [-0.39, 0.29) is 5.56 Å². The van der Waals surface area contributed by atoms with Crippen LogP contribution in [-0.4, -0.2) is 21.2 Å². The highest BCUT2D eigenvalue weighted by Gasteiger charge is 2.25. The topological polar surface area (TPSA) is 110 Å². The van der Waals surface area contributed by atoms with Gasteiger partial charge in [0.15, 0.2) is 5.75 Å². The second-order valence-electron chi connectivity index (χ2n) is 4.36. The standard InChI is InChI=1S/C12H17BrN2O4/c1-2-3-4-10(16)11(14)8-5-7(13)6-9(12(8)17)15(18)19/h5-6,10-11,16-17H,2-4,14H2,1H3/t10-,11+/m1/s1. The Bertz CT molecular complexity index is 467. The van der Waals surface area contributed by atoms with Gasteiger partial charge in [-0.25, -0.2) is 0 Å². The van der Waals surface area contributed by atoms with Crippen LogP contribution in [0.4, 0.5) is 5.69 Å². The molecule has 0 bridgehead atoms. The minimum Gasteiger partial charge on any atom is -0.502 e. The molecule has 1 aromatic rings. The third-order valence-electron chi connectivity index (χ3n) is 2.91. The van der Waals surface area contributed by atoms with Gasteiger partial charge in [0.05, 0.1) is 17.1 Å². The molecule has 0 aliphatic heterocycles. The molecule has 0 aliphatic rings. The summed E-state index contributed by atoms with van der Waals surface area (Å²) in [6.07, 6.45) is 1.34. The number of phenolic OH excluding ortho intramolecular Hbond substituents is 1. The van der Waals surface area contributed by atoms with Gasteiger partial charge in [0.2, 0.25) is 0 Å². The Morgan fingerprint density at radius 1 is 1.53 bits per heavy atom. The molecule has 0 radical (unpaired) electrons. The summed E-state index contributed by atoms with van der Waals surface area (Å²) in [5, 5.41) is 30.6. The Kier molecular flexibility index (Phi) is 5.71. The van der Waals surface area contributed by atoms with E-state index in [4.69, 9.17) is 5.73 Å². The lowest BCUT2D eigenvalue weighted by atomic mass is 9.97. The first-order valence-corrected chi connectivity index (χ1v) is 6.78. The highest BCUT2D eigenvalue weighted by atomic mass is 79.9. The molecule has 0 aliphatic carbocycles. The fourth-order valence-corrected chi connectivity index (χ4v) is 2.26. The van der Waals surface area contributed by atoms with Crippen LogP contribution in [0.2, 0.25) is 0 Å². The lowest BCUT2D eigenvalue weighted by molar-refractivity contribution is -0.386. The summed E-state index contributed by atoms with van der Waals surface area (Å²) in [6, 6.07) is 1.83. The van der Waals surface area contributed by atoms with Crippen molar-refractivity contribution in [3.8, 4) is 5.75 Å². The largest absolute Gasteiger partial charge is 0.502 e. The first-order chi connectivity index (χ1) is 8.88. The molecule has 0 unspecified atom stereocenters. The predicted molar refractivity (Wildman–Crippen MR) is 74.9 cm³/mol. The Morgan fingerprint density at radius 3 is 2.68 bits per heavy atom. The van der Waals surface area contributed by atoms with Crippen molar-refractivity contribution in [1.29, 1.82) is 0 Å². The molecule has 0 spiro atoms. The van der Waals surface area contributed by atoms with Crippen molar-refractivity contribution < 1.29 is 15.1 Å². The van der Waals surface area contributed by atoms with Crippen molar-refractivity contribution in [2.24, 2.45) is 5.73 Å². The number of phenols is 1. The zero-order chi connectivity index (χ0) is 14.6. The van der Waals surface area contributed by atoms with E-state index in [0.29, 0.717) is 10.9 Å². The van der Waals surface area contributed by atoms with E-state index in [2.05, 4.69) is 15.9 Å². The van der Waals surface area contributed by atoms with Crippen molar-refractivity contribution in [2.75, 3.05) is 0 Å². The average Bonchev–Trinajstić information content (AvgIpc) is 2.37. The van der Waals surface area contributed by atoms with E-state index in [1.807, 2.05) is 6.92 Å². The lowest BCUT2D eigenvalue weighted by Crippen LogP contribution is -2.26. The number of nitrogens with two attached hydrogens (primary N) is 1. The summed E-state index contributed by atoms with van der Waals surface area (Å²) in [6.45, 7) is 1.99. The lowest BCUT2D eigenvalue weighted by Gasteiger charge is -2.20. The number of benzene rings is 1. The van der Waals surface area contributed by atoms with Gasteiger partial charge in [0.25, 0.3) is 0 Å². The van der Waals surface area contributed by atoms with Gasteiger partial charge in [-0.05, 0) is 12.5 Å². The molecule has 0 amide bonds. The van der Waals surface area contributed by atoms with Crippen LogP contribution in [0.15, 0.2) is 16.6 Å². The Hall–Kier alpha value is -1.18. The number of halogens is 1. The van der Waals surface area contributed by atoms with Gasteiger partial charge in [0, 0.05) is 16.1 Å². The number of hydrogen-bond donors (Lipinski definition) is 3. The van der Waals surface area contributed by atoms with E-state index in [1.165, 1.54) is 12.1 Å². The predicted octanol–water partition coefficient (Wildman–Crippen LogP) is 2.61. The Labute approximate surface area is 119 Å². The molecule has 0 fully saturated rings. The summed E-state index contributed by atoms with van der Waals surface area (Å²) in [5.74, 6) is -0.490. The van der Waals surface area contributed by atoms with Gasteiger partial charge in [0.1, 0.15) is 0 Å². The number of aliphatic hydroxyl groups excluding tert-OH is 1. The maximum atomic E-state index is 10.8. The van der Waals surface area contributed by atoms with E-state index in [1.54, 1.807) is 0 Å². The molecular weight excluding hydrogens is 316 g/mol. The second-order valence-corrected chi connectivity index (χ2v) is 5.27. The third kappa shape index (κ3) is 3.89. The third-order valence-corrected chi connectivity index (χ3v) is 3.37. The first kappa shape index (κ1) is 15.9. The maximum Gasteiger partial charge on any atom is 0.312 e. The van der Waals surface area contributed by atoms with E-state index in [0.717, 1.165) is 12.8 Å². The normalized spacial score (nSPS) is 14.1. The number of aromatic hydroxyl groups is 1. The Morgan fingerprint density at radius 2 is 2.16 bits per heavy atom. The van der Waals surface area contributed by atoms with Crippen molar-refractivity contribution in [3.05, 3.63) is 32.3 Å². The van der Waals surface area contributed by atoms with Crippen molar-refractivity contribution in [3.63, 3.8) is 0 Å². The number of aliphatic hydroxyl groups is 1. The minimum atomic E-state index is -0.859. The molecule has 7 heteroatoms. The summed E-state index contributed by atoms with van der Waals surface area (Å²) >= 11 is 3.13. The number of nitro groups is 1. The quantitative estimate of drug-likeness (QED) is 0.547. The molecule has 0 heterocycles. The van der Waals surface area contributed by atoms with Crippen LogP contribution in [-0.2, 0) is 0 Å². The van der Waals surface area contributed by atoms with Gasteiger partial charge in [-0.1, -0.05) is 35.7 Å². The van der Waals surface area contributed by atoms with Gasteiger partial charge < -0.3 is 15.9 Å². The van der Waals surface area contributed by atoms with Crippen molar-refractivity contribution >= 4 is 21.6 Å². The average molecular weight is 333 g/mol. The molecule has 1 aromatic carbocycles. The van der Waals surface area contributed by atoms with Crippen molar-refractivity contribution in [1.82, 2.24) is 0 Å². The van der Waals surface area contributed by atoms with E-state index in [9.17, 15) is 20.3 Å². The molecule has 2 atom stereocenters. The number of unbranched alkanes of at least 4 members (excludes halogenated alkanes) is 1. The summed E-state index contributed by atoms with van der Waals surface area (Å²) in [7, 11) is 0. The maximum absolute atomic E-state index is 10.8. The Balaban J connectivity index is 3.08. The van der Waals surface area contributed by atoms with Gasteiger partial charge >= 0.3 is 5.69 Å². The summed E-state index contributed by atoms with van der Waals surface area (Å²) in [5.41, 5.74) is 5.61. The van der Waals surface area contributed by atoms with Crippen LogP contribution < -0.4 is 5.73 Å². The fourth-order valence-electron chi connectivity index (χ4n) is 1.80. The molecule has 1 rings (SSSR count). The van der Waals surface area contributed by atoms with Crippen LogP contribution in [0, 0.1) is 10.1 Å². The molecule has 19 heavy (non-hydrogen) atoms. The molecule has 0 aromatic heterocycles. The smallest absolute Gasteiger partial charge is 0.312 e. The first-order valence-electron chi connectivity index (χ1n) is 5.98. The molecular formula is C12H17BrN2O4. The zero-order valence-corrected chi connectivity index (χ0v) is 12.1. The number of nitrogens with zero attached hydrogens (tertiary/aromatic N) is 1. The van der Waals surface area contributed by atoms with Crippen LogP contribution in [0.3, 0.4) is 0 Å².